The standard InChI is InChI=1S/C29H30Cl2N4O4/c1-34-10-9-29-13-24(36)26(38-3)12-20(29)23(34)11-17-7-8-25(37-2)28(27(17)29)39-16-18-14-35(33-32-18)15-19-21(30)5-4-6-22(19)31/h4-8,12,14,20,23H,9-11,13,15-16H2,1-3H3/t20-,23+,29-/m1/s1. The van der Waals surface area contributed by atoms with Crippen LogP contribution >= 0.6 is 23.2 Å². The van der Waals surface area contributed by atoms with E-state index in [0.29, 0.717) is 46.0 Å². The molecule has 0 radical (unpaired) electrons. The van der Waals surface area contributed by atoms with Gasteiger partial charge in [0, 0.05) is 45.0 Å². The number of hydrogen-bond acceptors (Lipinski definition) is 7. The minimum Gasteiger partial charge on any atom is -0.493 e. The van der Waals surface area contributed by atoms with Crippen molar-refractivity contribution in [2.24, 2.45) is 5.92 Å². The lowest BCUT2D eigenvalue weighted by Crippen LogP contribution is -2.60. The summed E-state index contributed by atoms with van der Waals surface area (Å²) in [5, 5.41) is 9.72. The zero-order valence-corrected chi connectivity index (χ0v) is 23.6. The summed E-state index contributed by atoms with van der Waals surface area (Å²) in [5.41, 5.74) is 3.32. The summed E-state index contributed by atoms with van der Waals surface area (Å²) in [6.07, 6.45) is 5.95. The van der Waals surface area contributed by atoms with Gasteiger partial charge in [-0.15, -0.1) is 5.10 Å². The first-order chi connectivity index (χ1) is 18.8. The third-order valence-corrected chi connectivity index (χ3v) is 9.23. The first kappa shape index (κ1) is 26.2. The number of piperidine rings is 1. The summed E-state index contributed by atoms with van der Waals surface area (Å²) in [5.74, 6) is 1.93. The van der Waals surface area contributed by atoms with Crippen molar-refractivity contribution < 1.29 is 19.0 Å². The quantitative estimate of drug-likeness (QED) is 0.403. The predicted molar refractivity (Wildman–Crippen MR) is 148 cm³/mol. The molecule has 10 heteroatoms. The number of rotatable bonds is 7. The molecule has 2 bridgehead atoms. The Hall–Kier alpha value is -3.07. The van der Waals surface area contributed by atoms with Gasteiger partial charge >= 0.3 is 0 Å². The Morgan fingerprint density at radius 3 is 2.67 bits per heavy atom. The highest BCUT2D eigenvalue weighted by atomic mass is 35.5. The lowest BCUT2D eigenvalue weighted by molar-refractivity contribution is -0.122. The number of nitrogens with zero attached hydrogens (tertiary/aromatic N) is 4. The van der Waals surface area contributed by atoms with Crippen LogP contribution in [0.5, 0.6) is 11.5 Å². The molecular formula is C29H30Cl2N4O4. The van der Waals surface area contributed by atoms with Crippen LogP contribution in [0, 0.1) is 5.92 Å². The van der Waals surface area contributed by atoms with Gasteiger partial charge in [-0.1, -0.05) is 40.5 Å². The van der Waals surface area contributed by atoms with Gasteiger partial charge in [0.1, 0.15) is 12.3 Å². The Morgan fingerprint density at radius 1 is 1.13 bits per heavy atom. The molecule has 0 N–H and O–H groups in total. The van der Waals surface area contributed by atoms with E-state index in [4.69, 9.17) is 37.4 Å². The molecule has 3 aromatic rings. The molecule has 0 amide bonds. The van der Waals surface area contributed by atoms with Crippen LogP contribution in [-0.2, 0) is 34.5 Å². The number of ketones is 1. The number of ether oxygens (including phenoxy) is 3. The van der Waals surface area contributed by atoms with Crippen LogP contribution in [0.2, 0.25) is 10.0 Å². The summed E-state index contributed by atoms with van der Waals surface area (Å²) in [6.45, 7) is 1.49. The summed E-state index contributed by atoms with van der Waals surface area (Å²) < 4.78 is 19.5. The molecule has 2 aromatic carbocycles. The average Bonchev–Trinajstić information content (AvgIpc) is 3.38. The highest BCUT2D eigenvalue weighted by molar-refractivity contribution is 6.35. The van der Waals surface area contributed by atoms with E-state index in [-0.39, 0.29) is 29.8 Å². The Bertz CT molecular complexity index is 1450. The largest absolute Gasteiger partial charge is 0.493 e. The van der Waals surface area contributed by atoms with Gasteiger partial charge in [-0.2, -0.15) is 0 Å². The van der Waals surface area contributed by atoms with Crippen molar-refractivity contribution in [1.82, 2.24) is 19.9 Å². The minimum absolute atomic E-state index is 0.0276. The monoisotopic (exact) mass is 568 g/mol. The second kappa shape index (κ2) is 10.2. The van der Waals surface area contributed by atoms with Crippen LogP contribution in [0.1, 0.15) is 35.2 Å². The van der Waals surface area contributed by atoms with Gasteiger partial charge < -0.3 is 19.1 Å². The van der Waals surface area contributed by atoms with Gasteiger partial charge in [0.15, 0.2) is 23.0 Å². The maximum Gasteiger partial charge on any atom is 0.197 e. The third-order valence-electron chi connectivity index (χ3n) is 8.52. The normalized spacial score (nSPS) is 24.0. The molecule has 1 saturated heterocycles. The number of carbonyl (C=O) groups excluding carboxylic acids is 1. The topological polar surface area (TPSA) is 78.7 Å². The van der Waals surface area contributed by atoms with E-state index < -0.39 is 0 Å². The number of halogens is 2. The second-order valence-corrected chi connectivity index (χ2v) is 11.4. The molecular weight excluding hydrogens is 539 g/mol. The fourth-order valence-corrected chi connectivity index (χ4v) is 7.14. The Labute approximate surface area is 237 Å². The first-order valence-corrected chi connectivity index (χ1v) is 13.7. The van der Waals surface area contributed by atoms with E-state index in [0.717, 1.165) is 30.5 Å². The number of allylic oxidation sites excluding steroid dienone is 1. The summed E-state index contributed by atoms with van der Waals surface area (Å²) in [4.78, 5) is 15.6. The van der Waals surface area contributed by atoms with Crippen LogP contribution in [-0.4, -0.2) is 59.5 Å². The Kier molecular flexibility index (Phi) is 6.81. The summed E-state index contributed by atoms with van der Waals surface area (Å²) in [7, 11) is 5.38. The van der Waals surface area contributed by atoms with Gasteiger partial charge in [-0.05, 0) is 56.3 Å². The predicted octanol–water partition coefficient (Wildman–Crippen LogP) is 4.84. The van der Waals surface area contributed by atoms with Crippen molar-refractivity contribution in [1.29, 1.82) is 0 Å². The zero-order valence-electron chi connectivity index (χ0n) is 22.1. The molecule has 2 aliphatic carbocycles. The number of benzene rings is 2. The SMILES string of the molecule is COC1=C[C@@H]2[C@@H]3Cc4ccc(OC)c(OCc5cn(Cc6c(Cl)cccc6Cl)nn5)c4[C@]2(CCN3C)CC1=O. The summed E-state index contributed by atoms with van der Waals surface area (Å²) in [6, 6.07) is 9.77. The fraction of sp³-hybridized carbons (Fsp3) is 0.414. The molecule has 0 unspecified atom stereocenters. The smallest absolute Gasteiger partial charge is 0.197 e. The van der Waals surface area contributed by atoms with Crippen LogP contribution in [0.15, 0.2) is 48.4 Å². The van der Waals surface area contributed by atoms with Crippen molar-refractivity contribution in [2.45, 2.75) is 43.9 Å². The molecule has 0 spiro atoms. The van der Waals surface area contributed by atoms with E-state index in [1.54, 1.807) is 31.0 Å². The molecule has 1 aromatic heterocycles. The number of Topliss-reactive ketones (excluding diaryl/α,β-unsaturated/α-hetero) is 1. The molecule has 3 aliphatic rings. The van der Waals surface area contributed by atoms with Gasteiger partial charge in [0.05, 0.1) is 27.0 Å². The highest BCUT2D eigenvalue weighted by Crippen LogP contribution is 2.58. The van der Waals surface area contributed by atoms with Gasteiger partial charge in [0.2, 0.25) is 0 Å². The van der Waals surface area contributed by atoms with Crippen molar-refractivity contribution in [3.05, 3.63) is 80.8 Å². The zero-order chi connectivity index (χ0) is 27.3. The van der Waals surface area contributed by atoms with Crippen molar-refractivity contribution >= 4 is 29.0 Å². The first-order valence-electron chi connectivity index (χ1n) is 13.0. The lowest BCUT2D eigenvalue weighted by Gasteiger charge is -2.56. The molecule has 6 rings (SSSR count). The maximum atomic E-state index is 13.2. The number of aromatic nitrogens is 3. The van der Waals surface area contributed by atoms with Gasteiger partial charge in [-0.25, -0.2) is 4.68 Å². The number of carbonyl (C=O) groups is 1. The lowest BCUT2D eigenvalue weighted by atomic mass is 9.53. The Balaban J connectivity index is 1.34. The van der Waals surface area contributed by atoms with Crippen LogP contribution < -0.4 is 9.47 Å². The van der Waals surface area contributed by atoms with E-state index in [9.17, 15) is 4.79 Å². The molecule has 8 nitrogen and oxygen atoms in total. The third kappa shape index (κ3) is 4.39. The van der Waals surface area contributed by atoms with Gasteiger partial charge in [-0.3, -0.25) is 4.79 Å². The number of fused-ring (bicyclic) bond motifs is 1. The van der Waals surface area contributed by atoms with Crippen molar-refractivity contribution in [2.75, 3.05) is 27.8 Å². The van der Waals surface area contributed by atoms with Crippen LogP contribution in [0.3, 0.4) is 0 Å². The minimum atomic E-state index is -0.383. The van der Waals surface area contributed by atoms with E-state index in [2.05, 4.69) is 28.3 Å². The van der Waals surface area contributed by atoms with Crippen molar-refractivity contribution in [3.8, 4) is 11.5 Å². The molecule has 1 aliphatic heterocycles. The number of likely N-dealkylation sites (tertiary alicyclic amines) is 1. The maximum absolute atomic E-state index is 13.2. The van der Waals surface area contributed by atoms with E-state index in [1.165, 1.54) is 5.56 Å². The molecule has 1 fully saturated rings. The van der Waals surface area contributed by atoms with E-state index >= 15 is 0 Å². The number of methoxy groups -OCH3 is 2. The highest BCUT2D eigenvalue weighted by Gasteiger charge is 2.56. The van der Waals surface area contributed by atoms with Gasteiger partial charge in [0.25, 0.3) is 0 Å². The number of likely N-dealkylation sites (N-methyl/N-ethyl adjacent to an activating group) is 1. The molecule has 204 valence electrons. The Morgan fingerprint density at radius 2 is 1.92 bits per heavy atom. The summed E-state index contributed by atoms with van der Waals surface area (Å²) >= 11 is 12.7. The van der Waals surface area contributed by atoms with E-state index in [1.807, 2.05) is 24.4 Å². The molecule has 39 heavy (non-hydrogen) atoms. The fourth-order valence-electron chi connectivity index (χ4n) is 6.63. The second-order valence-electron chi connectivity index (χ2n) is 10.5. The van der Waals surface area contributed by atoms with Crippen molar-refractivity contribution in [3.63, 3.8) is 0 Å². The van der Waals surface area contributed by atoms with Crippen LogP contribution in [0.25, 0.3) is 0 Å². The average molecular weight is 569 g/mol. The molecule has 2 heterocycles. The van der Waals surface area contributed by atoms with Crippen LogP contribution in [0.4, 0.5) is 0 Å². The molecule has 3 atom stereocenters. The molecule has 0 saturated carbocycles. The number of hydrogen-bond donors (Lipinski definition) is 0.